The first-order chi connectivity index (χ1) is 12.2. The molecule has 1 aliphatic rings. The predicted octanol–water partition coefficient (Wildman–Crippen LogP) is 2.94. The van der Waals surface area contributed by atoms with Gasteiger partial charge < -0.3 is 14.5 Å². The fourth-order valence-corrected chi connectivity index (χ4v) is 3.05. The summed E-state index contributed by atoms with van der Waals surface area (Å²) in [5.74, 6) is 0.475. The van der Waals surface area contributed by atoms with Crippen molar-refractivity contribution in [3.63, 3.8) is 0 Å². The van der Waals surface area contributed by atoms with E-state index in [4.69, 9.17) is 21.6 Å². The molecule has 0 bridgehead atoms. The maximum Gasteiger partial charge on any atom is 0.260 e. The smallest absolute Gasteiger partial charge is 0.260 e. The van der Waals surface area contributed by atoms with E-state index in [0.29, 0.717) is 24.4 Å². The summed E-state index contributed by atoms with van der Waals surface area (Å²) in [5, 5.41) is 9.61. The van der Waals surface area contributed by atoms with Gasteiger partial charge in [0, 0.05) is 26.2 Å². The van der Waals surface area contributed by atoms with E-state index in [2.05, 4.69) is 11.0 Å². The van der Waals surface area contributed by atoms with Crippen molar-refractivity contribution in [3.05, 3.63) is 59.1 Å². The average Bonchev–Trinajstić information content (AvgIpc) is 2.67. The van der Waals surface area contributed by atoms with Gasteiger partial charge in [-0.3, -0.25) is 4.79 Å². The van der Waals surface area contributed by atoms with Crippen molar-refractivity contribution in [1.82, 2.24) is 4.90 Å². The van der Waals surface area contributed by atoms with Crippen molar-refractivity contribution in [2.45, 2.75) is 0 Å². The first-order valence-corrected chi connectivity index (χ1v) is 8.45. The third-order valence-electron chi connectivity index (χ3n) is 4.15. The Morgan fingerprint density at radius 3 is 2.60 bits per heavy atom. The van der Waals surface area contributed by atoms with Gasteiger partial charge in [-0.15, -0.1) is 0 Å². The number of piperazine rings is 1. The highest BCUT2D eigenvalue weighted by Gasteiger charge is 2.22. The molecule has 0 unspecified atom stereocenters. The molecular formula is C19H18ClN3O2. The van der Waals surface area contributed by atoms with E-state index in [1.54, 1.807) is 29.2 Å². The van der Waals surface area contributed by atoms with Crippen molar-refractivity contribution in [2.75, 3.05) is 37.7 Å². The Kier molecular flexibility index (Phi) is 5.42. The zero-order chi connectivity index (χ0) is 17.6. The maximum atomic E-state index is 12.3. The van der Waals surface area contributed by atoms with Gasteiger partial charge in [0.1, 0.15) is 5.75 Å². The number of ether oxygens (including phenoxy) is 1. The minimum atomic E-state index is -0.0545. The predicted molar refractivity (Wildman–Crippen MR) is 96.9 cm³/mol. The van der Waals surface area contributed by atoms with Crippen molar-refractivity contribution >= 4 is 23.2 Å². The second-order valence-electron chi connectivity index (χ2n) is 5.75. The molecule has 1 amide bonds. The van der Waals surface area contributed by atoms with Crippen LogP contribution in [0.15, 0.2) is 48.5 Å². The molecule has 0 saturated carbocycles. The highest BCUT2D eigenvalue weighted by molar-refractivity contribution is 6.33. The van der Waals surface area contributed by atoms with Crippen LogP contribution in [0.3, 0.4) is 0 Å². The number of para-hydroxylation sites is 1. The van der Waals surface area contributed by atoms with Crippen LogP contribution in [0.4, 0.5) is 5.69 Å². The molecule has 3 rings (SSSR count). The summed E-state index contributed by atoms with van der Waals surface area (Å²) < 4.78 is 5.52. The molecular weight excluding hydrogens is 338 g/mol. The Labute approximate surface area is 152 Å². The Balaban J connectivity index is 1.52. The van der Waals surface area contributed by atoms with Gasteiger partial charge in [-0.25, -0.2) is 0 Å². The van der Waals surface area contributed by atoms with Crippen LogP contribution in [0.1, 0.15) is 5.56 Å². The topological polar surface area (TPSA) is 56.6 Å². The number of halogens is 1. The molecule has 0 radical (unpaired) electrons. The van der Waals surface area contributed by atoms with Crippen LogP contribution >= 0.6 is 11.6 Å². The molecule has 1 fully saturated rings. The number of benzene rings is 2. The SMILES string of the molecule is N#Cc1cccc(OCC(=O)N2CCN(c3ccccc3Cl)CC2)c1. The Bertz CT molecular complexity index is 795. The van der Waals surface area contributed by atoms with Crippen LogP contribution in [0.25, 0.3) is 0 Å². The Morgan fingerprint density at radius 2 is 1.88 bits per heavy atom. The highest BCUT2D eigenvalue weighted by Crippen LogP contribution is 2.26. The van der Waals surface area contributed by atoms with Gasteiger partial charge in [0.25, 0.3) is 5.91 Å². The third kappa shape index (κ3) is 4.23. The molecule has 2 aromatic carbocycles. The van der Waals surface area contributed by atoms with E-state index in [1.807, 2.05) is 24.3 Å². The number of carbonyl (C=O) groups is 1. The first-order valence-electron chi connectivity index (χ1n) is 8.07. The van der Waals surface area contributed by atoms with Gasteiger partial charge in [-0.2, -0.15) is 5.26 Å². The summed E-state index contributed by atoms with van der Waals surface area (Å²) in [6.45, 7) is 2.71. The maximum absolute atomic E-state index is 12.3. The number of hydrogen-bond donors (Lipinski definition) is 0. The molecule has 1 saturated heterocycles. The van der Waals surface area contributed by atoms with Gasteiger partial charge in [-0.1, -0.05) is 29.8 Å². The molecule has 2 aromatic rings. The first kappa shape index (κ1) is 17.1. The molecule has 128 valence electrons. The summed E-state index contributed by atoms with van der Waals surface area (Å²) in [6.07, 6.45) is 0. The lowest BCUT2D eigenvalue weighted by molar-refractivity contribution is -0.133. The van der Waals surface area contributed by atoms with E-state index in [0.717, 1.165) is 23.8 Å². The molecule has 0 aliphatic carbocycles. The van der Waals surface area contributed by atoms with Crippen LogP contribution in [0.5, 0.6) is 5.75 Å². The second kappa shape index (κ2) is 7.91. The summed E-state index contributed by atoms with van der Waals surface area (Å²) in [6, 6.07) is 16.6. The van der Waals surface area contributed by atoms with E-state index in [1.165, 1.54) is 0 Å². The standard InChI is InChI=1S/C19H18ClN3O2/c20-17-6-1-2-7-18(17)22-8-10-23(11-9-22)19(24)14-25-16-5-3-4-15(12-16)13-21/h1-7,12H,8-11,14H2. The zero-order valence-electron chi connectivity index (χ0n) is 13.7. The Hall–Kier alpha value is -2.71. The van der Waals surface area contributed by atoms with Crippen LogP contribution < -0.4 is 9.64 Å². The number of anilines is 1. The van der Waals surface area contributed by atoms with Crippen LogP contribution in [0, 0.1) is 11.3 Å². The summed E-state index contributed by atoms with van der Waals surface area (Å²) in [7, 11) is 0. The van der Waals surface area contributed by atoms with Crippen LogP contribution in [0.2, 0.25) is 5.02 Å². The molecule has 25 heavy (non-hydrogen) atoms. The lowest BCUT2D eigenvalue weighted by atomic mass is 10.2. The number of carbonyl (C=O) groups excluding carboxylic acids is 1. The zero-order valence-corrected chi connectivity index (χ0v) is 14.4. The Morgan fingerprint density at radius 1 is 1.12 bits per heavy atom. The average molecular weight is 356 g/mol. The van der Waals surface area contributed by atoms with Gasteiger partial charge in [0.05, 0.1) is 22.3 Å². The van der Waals surface area contributed by atoms with Crippen LogP contribution in [-0.2, 0) is 4.79 Å². The summed E-state index contributed by atoms with van der Waals surface area (Å²) >= 11 is 6.23. The summed E-state index contributed by atoms with van der Waals surface area (Å²) in [5.41, 5.74) is 1.51. The number of amides is 1. The molecule has 5 nitrogen and oxygen atoms in total. The number of rotatable bonds is 4. The molecule has 0 aromatic heterocycles. The molecule has 6 heteroatoms. The fourth-order valence-electron chi connectivity index (χ4n) is 2.80. The molecule has 1 aliphatic heterocycles. The van der Waals surface area contributed by atoms with E-state index >= 15 is 0 Å². The minimum Gasteiger partial charge on any atom is -0.484 e. The lowest BCUT2D eigenvalue weighted by Gasteiger charge is -2.36. The quantitative estimate of drug-likeness (QED) is 0.846. The van der Waals surface area contributed by atoms with Crippen molar-refractivity contribution in [1.29, 1.82) is 5.26 Å². The number of nitrogens with zero attached hydrogens (tertiary/aromatic N) is 3. The van der Waals surface area contributed by atoms with E-state index in [-0.39, 0.29) is 12.5 Å². The fraction of sp³-hybridized carbons (Fsp3) is 0.263. The van der Waals surface area contributed by atoms with Gasteiger partial charge in [-0.05, 0) is 30.3 Å². The third-order valence-corrected chi connectivity index (χ3v) is 4.47. The van der Waals surface area contributed by atoms with E-state index in [9.17, 15) is 4.79 Å². The van der Waals surface area contributed by atoms with Crippen molar-refractivity contribution in [3.8, 4) is 11.8 Å². The monoisotopic (exact) mass is 355 g/mol. The molecule has 0 spiro atoms. The van der Waals surface area contributed by atoms with Gasteiger partial charge in [0.15, 0.2) is 6.61 Å². The second-order valence-corrected chi connectivity index (χ2v) is 6.15. The largest absolute Gasteiger partial charge is 0.484 e. The summed E-state index contributed by atoms with van der Waals surface area (Å²) in [4.78, 5) is 16.3. The molecule has 0 N–H and O–H groups in total. The van der Waals surface area contributed by atoms with Crippen LogP contribution in [-0.4, -0.2) is 43.6 Å². The van der Waals surface area contributed by atoms with Gasteiger partial charge in [0.2, 0.25) is 0 Å². The number of hydrogen-bond acceptors (Lipinski definition) is 4. The molecule has 0 atom stereocenters. The number of nitriles is 1. The lowest BCUT2D eigenvalue weighted by Crippen LogP contribution is -2.50. The normalized spacial score (nSPS) is 14.1. The van der Waals surface area contributed by atoms with Crippen molar-refractivity contribution < 1.29 is 9.53 Å². The van der Waals surface area contributed by atoms with E-state index < -0.39 is 0 Å². The van der Waals surface area contributed by atoms with Gasteiger partial charge >= 0.3 is 0 Å². The van der Waals surface area contributed by atoms with Crippen molar-refractivity contribution in [2.24, 2.45) is 0 Å². The highest BCUT2D eigenvalue weighted by atomic mass is 35.5. The molecule has 1 heterocycles. The minimum absolute atomic E-state index is 0.0268.